The third-order valence-electron chi connectivity index (χ3n) is 13.4. The van der Waals surface area contributed by atoms with Crippen molar-refractivity contribution in [3.63, 3.8) is 0 Å². The van der Waals surface area contributed by atoms with Crippen molar-refractivity contribution >= 4 is 5.91 Å². The Morgan fingerprint density at radius 2 is 0.688 bits per heavy atom. The molecule has 0 saturated heterocycles. The zero-order valence-electron chi connectivity index (χ0n) is 43.3. The number of unbranched alkanes of at least 4 members (excludes halogenated alkanes) is 38. The summed E-state index contributed by atoms with van der Waals surface area (Å²) in [6, 6.07) is -0.537. The van der Waals surface area contributed by atoms with E-state index in [2.05, 4.69) is 67.8 Å². The van der Waals surface area contributed by atoms with E-state index >= 15 is 0 Å². The summed E-state index contributed by atoms with van der Waals surface area (Å²) in [5, 5.41) is 23.4. The van der Waals surface area contributed by atoms with E-state index in [-0.39, 0.29) is 12.5 Å². The van der Waals surface area contributed by atoms with Gasteiger partial charge in [-0.3, -0.25) is 4.79 Å². The Morgan fingerprint density at radius 3 is 1.03 bits per heavy atom. The lowest BCUT2D eigenvalue weighted by Gasteiger charge is -2.22. The summed E-state index contributed by atoms with van der Waals surface area (Å²) in [5.41, 5.74) is 0. The van der Waals surface area contributed by atoms with E-state index in [1.54, 1.807) is 0 Å². The van der Waals surface area contributed by atoms with Crippen molar-refractivity contribution in [3.05, 3.63) is 48.6 Å². The molecule has 0 aliphatic heterocycles. The van der Waals surface area contributed by atoms with Gasteiger partial charge in [0.2, 0.25) is 5.91 Å². The Bertz CT molecular complexity index is 1020. The molecule has 0 bridgehead atoms. The summed E-state index contributed by atoms with van der Waals surface area (Å²) in [6.45, 7) is 4.28. The molecule has 0 saturated carbocycles. The molecular weight excluding hydrogens is 783 g/mol. The molecule has 0 spiro atoms. The van der Waals surface area contributed by atoms with Crippen LogP contribution >= 0.6 is 0 Å². The average Bonchev–Trinajstić information content (AvgIpc) is 3.30. The molecule has 2 atom stereocenters. The Labute approximate surface area is 401 Å². The number of aliphatic hydroxyl groups is 2. The zero-order chi connectivity index (χ0) is 46.3. The fourth-order valence-corrected chi connectivity index (χ4v) is 9.00. The maximum atomic E-state index is 12.5. The number of rotatable bonds is 53. The fourth-order valence-electron chi connectivity index (χ4n) is 9.00. The first kappa shape index (κ1) is 62.4. The number of nitrogens with one attached hydrogen (secondary N) is 1. The highest BCUT2D eigenvalue weighted by atomic mass is 16.3. The van der Waals surface area contributed by atoms with E-state index < -0.39 is 12.1 Å². The fraction of sp³-hybridized carbons (Fsp3) is 0.850. The van der Waals surface area contributed by atoms with Crippen LogP contribution in [0.1, 0.15) is 309 Å². The Morgan fingerprint density at radius 1 is 0.391 bits per heavy atom. The molecule has 0 aliphatic carbocycles. The lowest BCUT2D eigenvalue weighted by atomic mass is 10.0. The van der Waals surface area contributed by atoms with Crippen LogP contribution in [-0.2, 0) is 4.79 Å². The van der Waals surface area contributed by atoms with Crippen LogP contribution < -0.4 is 5.32 Å². The van der Waals surface area contributed by atoms with Crippen molar-refractivity contribution in [1.82, 2.24) is 5.32 Å². The Balaban J connectivity index is 3.44. The number of amides is 1. The maximum Gasteiger partial charge on any atom is 0.220 e. The number of carbonyl (C=O) groups is 1. The summed E-state index contributed by atoms with van der Waals surface area (Å²) < 4.78 is 0. The van der Waals surface area contributed by atoms with Crippen molar-refractivity contribution in [2.45, 2.75) is 321 Å². The molecule has 0 aromatic heterocycles. The van der Waals surface area contributed by atoms with Gasteiger partial charge < -0.3 is 15.5 Å². The second kappa shape index (κ2) is 55.7. The van der Waals surface area contributed by atoms with E-state index in [1.165, 1.54) is 231 Å². The number of hydrogen-bond acceptors (Lipinski definition) is 3. The van der Waals surface area contributed by atoms with Gasteiger partial charge in [0.05, 0.1) is 18.8 Å². The van der Waals surface area contributed by atoms with Crippen LogP contribution in [-0.4, -0.2) is 34.9 Å². The highest BCUT2D eigenvalue weighted by Crippen LogP contribution is 2.18. The molecule has 0 heterocycles. The topological polar surface area (TPSA) is 69.6 Å². The quantitative estimate of drug-likeness (QED) is 0.0421. The molecule has 376 valence electrons. The second-order valence-electron chi connectivity index (χ2n) is 19.7. The molecular formula is C60H113NO3. The number of allylic oxidation sites excluding steroid dienone is 8. The third kappa shape index (κ3) is 51.3. The van der Waals surface area contributed by atoms with Gasteiger partial charge in [0.1, 0.15) is 0 Å². The first-order valence-electron chi connectivity index (χ1n) is 28.8. The average molecular weight is 897 g/mol. The molecule has 0 aliphatic rings. The monoisotopic (exact) mass is 896 g/mol. The minimum Gasteiger partial charge on any atom is -0.394 e. The van der Waals surface area contributed by atoms with Crippen LogP contribution in [0.3, 0.4) is 0 Å². The predicted molar refractivity (Wildman–Crippen MR) is 285 cm³/mol. The van der Waals surface area contributed by atoms with E-state index in [9.17, 15) is 15.0 Å². The van der Waals surface area contributed by atoms with E-state index in [4.69, 9.17) is 0 Å². The summed E-state index contributed by atoms with van der Waals surface area (Å²) in [5.74, 6) is -0.0276. The van der Waals surface area contributed by atoms with E-state index in [0.29, 0.717) is 12.8 Å². The minimum absolute atomic E-state index is 0.0276. The Kier molecular flexibility index (Phi) is 54.2. The smallest absolute Gasteiger partial charge is 0.220 e. The van der Waals surface area contributed by atoms with Gasteiger partial charge in [-0.2, -0.15) is 0 Å². The van der Waals surface area contributed by atoms with E-state index in [0.717, 1.165) is 51.4 Å². The van der Waals surface area contributed by atoms with Gasteiger partial charge in [0, 0.05) is 6.42 Å². The first-order valence-corrected chi connectivity index (χ1v) is 28.8. The van der Waals surface area contributed by atoms with Gasteiger partial charge in [0.25, 0.3) is 0 Å². The minimum atomic E-state index is -0.661. The van der Waals surface area contributed by atoms with Gasteiger partial charge in [-0.1, -0.05) is 300 Å². The highest BCUT2D eigenvalue weighted by Gasteiger charge is 2.20. The van der Waals surface area contributed by atoms with Crippen LogP contribution in [0, 0.1) is 0 Å². The summed E-state index contributed by atoms with van der Waals surface area (Å²) in [7, 11) is 0. The molecule has 64 heavy (non-hydrogen) atoms. The van der Waals surface area contributed by atoms with Gasteiger partial charge in [-0.05, 0) is 51.4 Å². The van der Waals surface area contributed by atoms with Gasteiger partial charge >= 0.3 is 0 Å². The largest absolute Gasteiger partial charge is 0.394 e. The summed E-state index contributed by atoms with van der Waals surface area (Å²) in [6.07, 6.45) is 76.7. The van der Waals surface area contributed by atoms with Crippen LogP contribution in [0.5, 0.6) is 0 Å². The molecule has 0 fully saturated rings. The molecule has 4 nitrogen and oxygen atoms in total. The molecule has 0 aromatic rings. The molecule has 4 heteroatoms. The molecule has 0 radical (unpaired) electrons. The summed E-state index contributed by atoms with van der Waals surface area (Å²) in [4.78, 5) is 12.5. The predicted octanol–water partition coefficient (Wildman–Crippen LogP) is 19.0. The van der Waals surface area contributed by atoms with Crippen molar-refractivity contribution in [3.8, 4) is 0 Å². The van der Waals surface area contributed by atoms with Crippen molar-refractivity contribution in [2.75, 3.05) is 6.61 Å². The zero-order valence-corrected chi connectivity index (χ0v) is 43.3. The second-order valence-corrected chi connectivity index (χ2v) is 19.7. The van der Waals surface area contributed by atoms with Crippen LogP contribution in [0.4, 0.5) is 0 Å². The van der Waals surface area contributed by atoms with Gasteiger partial charge in [-0.15, -0.1) is 0 Å². The lowest BCUT2D eigenvalue weighted by molar-refractivity contribution is -0.123. The van der Waals surface area contributed by atoms with Crippen LogP contribution in [0.15, 0.2) is 48.6 Å². The number of aliphatic hydroxyl groups excluding tert-OH is 2. The molecule has 1 amide bonds. The molecule has 0 rings (SSSR count). The Hall–Kier alpha value is -1.65. The van der Waals surface area contributed by atoms with Crippen LogP contribution in [0.2, 0.25) is 0 Å². The summed E-state index contributed by atoms with van der Waals surface area (Å²) >= 11 is 0. The SMILES string of the molecule is CC/C=C\C/C=C\C/C=C\C/C=C\CCCCCCCCCCCCCCCCCCC(=O)NC(CO)C(O)CCCCCCCCCCCCCCCCCCCCCCCCC. The number of carbonyl (C=O) groups excluding carboxylic acids is 1. The third-order valence-corrected chi connectivity index (χ3v) is 13.4. The van der Waals surface area contributed by atoms with E-state index in [1.807, 2.05) is 0 Å². The van der Waals surface area contributed by atoms with Crippen molar-refractivity contribution in [1.29, 1.82) is 0 Å². The standard InChI is InChI=1S/C60H113NO3/c1-3-5-7-9-11-13-15-17-19-21-23-25-27-28-29-30-31-32-34-36-38-40-42-44-46-48-50-52-54-56-60(64)61-58(57-62)59(63)55-53-51-49-47-45-43-41-39-37-35-33-26-24-22-20-18-16-14-12-10-8-6-4-2/h5,7,11,13,17,19,23,25,58-59,62-63H,3-4,6,8-10,12,14-16,18,20-22,24,26-57H2,1-2H3,(H,61,64)/b7-5-,13-11-,19-17-,25-23-. The lowest BCUT2D eigenvalue weighted by Crippen LogP contribution is -2.45. The normalized spacial score (nSPS) is 13.1. The number of hydrogen-bond donors (Lipinski definition) is 3. The molecule has 2 unspecified atom stereocenters. The molecule has 0 aromatic carbocycles. The van der Waals surface area contributed by atoms with Crippen molar-refractivity contribution in [2.24, 2.45) is 0 Å². The van der Waals surface area contributed by atoms with Crippen molar-refractivity contribution < 1.29 is 15.0 Å². The van der Waals surface area contributed by atoms with Gasteiger partial charge in [0.15, 0.2) is 0 Å². The first-order chi connectivity index (χ1) is 31.7. The van der Waals surface area contributed by atoms with Crippen LogP contribution in [0.25, 0.3) is 0 Å². The van der Waals surface area contributed by atoms with Gasteiger partial charge in [-0.25, -0.2) is 0 Å². The maximum absolute atomic E-state index is 12.5. The highest BCUT2D eigenvalue weighted by molar-refractivity contribution is 5.76. The molecule has 3 N–H and O–H groups in total.